The van der Waals surface area contributed by atoms with Gasteiger partial charge in [0.2, 0.25) is 0 Å². The molecule has 0 atom stereocenters. The number of hydrogen-bond acceptors (Lipinski definition) is 3. The van der Waals surface area contributed by atoms with Gasteiger partial charge in [0.1, 0.15) is 5.58 Å². The van der Waals surface area contributed by atoms with E-state index in [0.717, 1.165) is 72.6 Å². The summed E-state index contributed by atoms with van der Waals surface area (Å²) in [6.45, 7) is 0. The molecule has 0 amide bonds. The molecule has 0 aliphatic carbocycles. The molecule has 3 nitrogen and oxygen atoms in total. The smallest absolute Gasteiger partial charge is 0.159 e. The molecular weight excluding hydrogens is 741 g/mol. The molecule has 10 aromatic carbocycles. The molecule has 0 aliphatic rings. The predicted octanol–water partition coefficient (Wildman–Crippen LogP) is 16.7. The molecule has 11 rings (SSSR count). The van der Waals surface area contributed by atoms with Crippen LogP contribution in [0.4, 0.5) is 34.1 Å². The van der Waals surface area contributed by atoms with Crippen LogP contribution in [-0.2, 0) is 0 Å². The lowest BCUT2D eigenvalue weighted by molar-refractivity contribution is 0.669. The van der Waals surface area contributed by atoms with E-state index in [0.29, 0.717) is 0 Å². The lowest BCUT2D eigenvalue weighted by Crippen LogP contribution is -2.13. The Balaban J connectivity index is 1.19. The number of benzene rings is 10. The maximum Gasteiger partial charge on any atom is 0.159 e. The highest BCUT2D eigenvalue weighted by Gasteiger charge is 2.25. The topological polar surface area (TPSA) is 19.6 Å². The minimum atomic E-state index is 0.818. The van der Waals surface area contributed by atoms with E-state index in [2.05, 4.69) is 252 Å². The average molecular weight is 781 g/mol. The van der Waals surface area contributed by atoms with Crippen LogP contribution in [0.15, 0.2) is 247 Å². The van der Waals surface area contributed by atoms with Crippen molar-refractivity contribution in [1.82, 2.24) is 0 Å². The minimum absolute atomic E-state index is 0.818. The number of furan rings is 1. The molecule has 3 heteroatoms. The second-order valence-corrected chi connectivity index (χ2v) is 15.4. The van der Waals surface area contributed by atoms with Crippen molar-refractivity contribution >= 4 is 66.8 Å². The fourth-order valence-corrected chi connectivity index (χ4v) is 8.68. The predicted molar refractivity (Wildman–Crippen MR) is 257 cm³/mol. The SMILES string of the molecule is c1ccc(-c2ccc(N(c3ccccc3)c3cc(N(c4ccccc4)c4ccc(-c5ccccc5)c(-c5ccccc5)c4)c4oc5cc6ccccc6cc5c4c3)cc2)cc1. The van der Waals surface area contributed by atoms with Crippen LogP contribution in [0.1, 0.15) is 0 Å². The van der Waals surface area contributed by atoms with Crippen LogP contribution < -0.4 is 9.80 Å². The van der Waals surface area contributed by atoms with E-state index >= 15 is 0 Å². The number of nitrogens with zero attached hydrogens (tertiary/aromatic N) is 2. The minimum Gasteiger partial charge on any atom is -0.454 e. The Morgan fingerprint density at radius 1 is 0.279 bits per heavy atom. The fraction of sp³-hybridized carbons (Fsp3) is 0. The Hall–Kier alpha value is -8.14. The van der Waals surface area contributed by atoms with Gasteiger partial charge in [0.15, 0.2) is 5.58 Å². The summed E-state index contributed by atoms with van der Waals surface area (Å²) < 4.78 is 7.07. The molecular formula is C58H40N2O. The van der Waals surface area contributed by atoms with Crippen LogP contribution in [0.25, 0.3) is 66.1 Å². The molecule has 61 heavy (non-hydrogen) atoms. The maximum absolute atomic E-state index is 7.07. The first kappa shape index (κ1) is 36.0. The first-order chi connectivity index (χ1) is 30.2. The van der Waals surface area contributed by atoms with Gasteiger partial charge in [-0.1, -0.05) is 170 Å². The van der Waals surface area contributed by atoms with Crippen LogP contribution in [0, 0.1) is 0 Å². The summed E-state index contributed by atoms with van der Waals surface area (Å²) >= 11 is 0. The molecule has 0 saturated heterocycles. The van der Waals surface area contributed by atoms with Gasteiger partial charge in [-0.2, -0.15) is 0 Å². The summed E-state index contributed by atoms with van der Waals surface area (Å²) in [5.41, 5.74) is 14.8. The highest BCUT2D eigenvalue weighted by molar-refractivity contribution is 6.15. The van der Waals surface area contributed by atoms with Crippen molar-refractivity contribution in [3.05, 3.63) is 243 Å². The van der Waals surface area contributed by atoms with Gasteiger partial charge in [0, 0.05) is 39.2 Å². The molecule has 1 heterocycles. The third kappa shape index (κ3) is 6.78. The first-order valence-corrected chi connectivity index (χ1v) is 20.7. The van der Waals surface area contributed by atoms with Crippen molar-refractivity contribution in [3.8, 4) is 33.4 Å². The zero-order valence-corrected chi connectivity index (χ0v) is 33.4. The second-order valence-electron chi connectivity index (χ2n) is 15.4. The third-order valence-corrected chi connectivity index (χ3v) is 11.6. The lowest BCUT2D eigenvalue weighted by Gasteiger charge is -2.30. The van der Waals surface area contributed by atoms with E-state index in [1.165, 1.54) is 27.6 Å². The fourth-order valence-electron chi connectivity index (χ4n) is 8.68. The van der Waals surface area contributed by atoms with Gasteiger partial charge in [0.05, 0.1) is 5.69 Å². The summed E-state index contributed by atoms with van der Waals surface area (Å²) in [7, 11) is 0. The van der Waals surface area contributed by atoms with Crippen molar-refractivity contribution in [3.63, 3.8) is 0 Å². The normalized spacial score (nSPS) is 11.3. The van der Waals surface area contributed by atoms with Crippen LogP contribution in [0.3, 0.4) is 0 Å². The zero-order valence-electron chi connectivity index (χ0n) is 33.4. The van der Waals surface area contributed by atoms with Crippen molar-refractivity contribution in [2.45, 2.75) is 0 Å². The molecule has 0 N–H and O–H groups in total. The van der Waals surface area contributed by atoms with E-state index in [1.807, 2.05) is 0 Å². The molecule has 11 aromatic rings. The summed E-state index contributed by atoms with van der Waals surface area (Å²) in [6.07, 6.45) is 0. The molecule has 0 fully saturated rings. The molecule has 0 saturated carbocycles. The van der Waals surface area contributed by atoms with Crippen LogP contribution in [0.2, 0.25) is 0 Å². The van der Waals surface area contributed by atoms with E-state index < -0.39 is 0 Å². The number of hydrogen-bond donors (Lipinski definition) is 0. The molecule has 0 bridgehead atoms. The molecule has 1 aromatic heterocycles. The molecule has 0 aliphatic heterocycles. The number of para-hydroxylation sites is 2. The van der Waals surface area contributed by atoms with Gasteiger partial charge in [-0.3, -0.25) is 0 Å². The van der Waals surface area contributed by atoms with Gasteiger partial charge in [-0.05, 0) is 117 Å². The van der Waals surface area contributed by atoms with Crippen LogP contribution >= 0.6 is 0 Å². The number of fused-ring (bicyclic) bond motifs is 4. The molecule has 0 unspecified atom stereocenters. The summed E-state index contributed by atoms with van der Waals surface area (Å²) in [4.78, 5) is 4.71. The van der Waals surface area contributed by atoms with E-state index in [4.69, 9.17) is 4.42 Å². The number of anilines is 6. The van der Waals surface area contributed by atoms with Crippen molar-refractivity contribution in [2.75, 3.05) is 9.80 Å². The monoisotopic (exact) mass is 780 g/mol. The van der Waals surface area contributed by atoms with E-state index in [-0.39, 0.29) is 0 Å². The van der Waals surface area contributed by atoms with Gasteiger partial charge in [-0.25, -0.2) is 0 Å². The Kier molecular flexibility index (Phi) is 9.18. The lowest BCUT2D eigenvalue weighted by atomic mass is 9.93. The number of rotatable bonds is 9. The second kappa shape index (κ2) is 15.6. The average Bonchev–Trinajstić information content (AvgIpc) is 3.70. The zero-order chi connectivity index (χ0) is 40.5. The summed E-state index contributed by atoms with van der Waals surface area (Å²) in [6, 6.07) is 86.5. The quantitative estimate of drug-likeness (QED) is 0.145. The highest BCUT2D eigenvalue weighted by atomic mass is 16.3. The van der Waals surface area contributed by atoms with E-state index in [1.54, 1.807) is 0 Å². The van der Waals surface area contributed by atoms with E-state index in [9.17, 15) is 0 Å². The third-order valence-electron chi connectivity index (χ3n) is 11.6. The Labute approximate surface area is 355 Å². The Morgan fingerprint density at radius 2 is 0.754 bits per heavy atom. The van der Waals surface area contributed by atoms with Crippen molar-refractivity contribution in [1.29, 1.82) is 0 Å². The van der Waals surface area contributed by atoms with Gasteiger partial charge in [0.25, 0.3) is 0 Å². The Bertz CT molecular complexity index is 3270. The summed E-state index contributed by atoms with van der Waals surface area (Å²) in [5, 5.41) is 4.43. The molecule has 0 spiro atoms. The molecule has 288 valence electrons. The Morgan fingerprint density at radius 3 is 1.38 bits per heavy atom. The van der Waals surface area contributed by atoms with Crippen LogP contribution in [-0.4, -0.2) is 0 Å². The standard InChI is InChI=1S/C58H40N2O/c1-6-18-41(19-7-1)42-30-32-49(33-31-42)59(47-26-12-4-13-27-47)51-39-55-54-36-45-24-16-17-25-46(45)37-57(54)61-58(55)56(40-51)60(48-28-14-5-15-29-48)50-34-35-52(43-20-8-2-9-21-43)53(38-50)44-22-10-3-11-23-44/h1-40H. The van der Waals surface area contributed by atoms with Crippen molar-refractivity contribution in [2.24, 2.45) is 0 Å². The molecule has 0 radical (unpaired) electrons. The summed E-state index contributed by atoms with van der Waals surface area (Å²) in [5.74, 6) is 0. The van der Waals surface area contributed by atoms with Gasteiger partial charge in [-0.15, -0.1) is 0 Å². The van der Waals surface area contributed by atoms with Gasteiger partial charge >= 0.3 is 0 Å². The van der Waals surface area contributed by atoms with Crippen molar-refractivity contribution < 1.29 is 4.42 Å². The van der Waals surface area contributed by atoms with Crippen LogP contribution in [0.5, 0.6) is 0 Å². The van der Waals surface area contributed by atoms with Gasteiger partial charge < -0.3 is 14.2 Å². The maximum atomic E-state index is 7.07. The first-order valence-electron chi connectivity index (χ1n) is 20.7. The highest BCUT2D eigenvalue weighted by Crippen LogP contribution is 2.49. The largest absolute Gasteiger partial charge is 0.454 e.